The molecule has 1 N–H and O–H groups in total. The molecule has 0 saturated heterocycles. The zero-order chi connectivity index (χ0) is 14.9. The number of rotatable bonds is 4. The second kappa shape index (κ2) is 6.06. The van der Waals surface area contributed by atoms with E-state index in [-0.39, 0.29) is 5.82 Å². The predicted molar refractivity (Wildman–Crippen MR) is 80.2 cm³/mol. The van der Waals surface area contributed by atoms with Gasteiger partial charge in [-0.3, -0.25) is 4.68 Å². The molecule has 0 fully saturated rings. The van der Waals surface area contributed by atoms with Crippen LogP contribution in [0.5, 0.6) is 0 Å². The van der Waals surface area contributed by atoms with Crippen LogP contribution in [0.1, 0.15) is 42.0 Å². The molecule has 0 amide bonds. The molecule has 0 radical (unpaired) electrons. The Morgan fingerprint density at radius 2 is 2.05 bits per heavy atom. The van der Waals surface area contributed by atoms with Gasteiger partial charge in [0.1, 0.15) is 5.82 Å². The van der Waals surface area contributed by atoms with Gasteiger partial charge in [0, 0.05) is 15.7 Å². The molecule has 1 heterocycles. The number of halogens is 2. The molecule has 1 unspecified atom stereocenters. The number of nitrogens with zero attached hydrogens (tertiary/aromatic N) is 2. The molecule has 0 aliphatic carbocycles. The van der Waals surface area contributed by atoms with Crippen molar-refractivity contribution in [3.8, 4) is 0 Å². The summed E-state index contributed by atoms with van der Waals surface area (Å²) in [7, 11) is 0. The first-order valence-corrected chi connectivity index (χ1v) is 7.38. The van der Waals surface area contributed by atoms with Crippen LogP contribution >= 0.6 is 15.9 Å². The largest absolute Gasteiger partial charge is 0.388 e. The lowest BCUT2D eigenvalue weighted by Gasteiger charge is -2.09. The van der Waals surface area contributed by atoms with Gasteiger partial charge in [-0.15, -0.1) is 0 Å². The summed E-state index contributed by atoms with van der Waals surface area (Å²) in [6.07, 6.45) is 0.154. The van der Waals surface area contributed by atoms with E-state index < -0.39 is 6.10 Å². The Morgan fingerprint density at radius 1 is 1.35 bits per heavy atom. The highest BCUT2D eigenvalue weighted by Gasteiger charge is 2.17. The van der Waals surface area contributed by atoms with Crippen LogP contribution < -0.4 is 0 Å². The van der Waals surface area contributed by atoms with Gasteiger partial charge in [0.2, 0.25) is 0 Å². The van der Waals surface area contributed by atoms with Crippen molar-refractivity contribution >= 4 is 15.9 Å². The van der Waals surface area contributed by atoms with Crippen LogP contribution in [0.3, 0.4) is 0 Å². The van der Waals surface area contributed by atoms with E-state index >= 15 is 0 Å². The Hall–Kier alpha value is -1.20. The number of hydrogen-bond acceptors (Lipinski definition) is 2. The van der Waals surface area contributed by atoms with Crippen molar-refractivity contribution < 1.29 is 9.50 Å². The molecule has 1 aromatic carbocycles. The summed E-state index contributed by atoms with van der Waals surface area (Å²) in [6.45, 7) is 6.24. The quantitative estimate of drug-likeness (QED) is 0.916. The lowest BCUT2D eigenvalue weighted by atomic mass is 10.1. The summed E-state index contributed by atoms with van der Waals surface area (Å²) in [5.41, 5.74) is 3.47. The highest BCUT2D eigenvalue weighted by molar-refractivity contribution is 9.10. The molecule has 5 heteroatoms. The lowest BCUT2D eigenvalue weighted by molar-refractivity contribution is 0.172. The molecule has 108 valence electrons. The van der Waals surface area contributed by atoms with Crippen molar-refractivity contribution in [3.05, 3.63) is 51.0 Å². The Balaban J connectivity index is 2.35. The SMILES string of the molecule is CCC(O)c1c(C)nn(Cc2cc(F)cc(Br)c2)c1C. The van der Waals surface area contributed by atoms with Crippen LogP contribution in [0.4, 0.5) is 4.39 Å². The highest BCUT2D eigenvalue weighted by Crippen LogP contribution is 2.25. The van der Waals surface area contributed by atoms with E-state index in [2.05, 4.69) is 21.0 Å². The summed E-state index contributed by atoms with van der Waals surface area (Å²) >= 11 is 3.29. The minimum Gasteiger partial charge on any atom is -0.388 e. The Kier molecular flexibility index (Phi) is 4.60. The normalized spacial score (nSPS) is 12.7. The lowest BCUT2D eigenvalue weighted by Crippen LogP contribution is -2.05. The van der Waals surface area contributed by atoms with E-state index in [4.69, 9.17) is 0 Å². The first kappa shape index (κ1) is 15.2. The summed E-state index contributed by atoms with van der Waals surface area (Å²) < 4.78 is 15.9. The number of aryl methyl sites for hydroxylation is 1. The van der Waals surface area contributed by atoms with Crippen LogP contribution in [0, 0.1) is 19.7 Å². The van der Waals surface area contributed by atoms with Crippen LogP contribution in [0.15, 0.2) is 22.7 Å². The van der Waals surface area contributed by atoms with E-state index in [1.165, 1.54) is 12.1 Å². The molecule has 0 aliphatic rings. The zero-order valence-electron chi connectivity index (χ0n) is 11.8. The van der Waals surface area contributed by atoms with Crippen LogP contribution in [0.2, 0.25) is 0 Å². The van der Waals surface area contributed by atoms with Crippen LogP contribution in [-0.4, -0.2) is 14.9 Å². The third-order valence-corrected chi connectivity index (χ3v) is 3.87. The first-order chi connectivity index (χ1) is 9.42. The van der Waals surface area contributed by atoms with E-state index in [1.54, 1.807) is 0 Å². The van der Waals surface area contributed by atoms with Gasteiger partial charge in [0.25, 0.3) is 0 Å². The van der Waals surface area contributed by atoms with Crippen molar-refractivity contribution in [2.75, 3.05) is 0 Å². The summed E-state index contributed by atoms with van der Waals surface area (Å²) in [5, 5.41) is 14.5. The zero-order valence-corrected chi connectivity index (χ0v) is 13.4. The number of hydrogen-bond donors (Lipinski definition) is 1. The summed E-state index contributed by atoms with van der Waals surface area (Å²) in [4.78, 5) is 0. The van der Waals surface area contributed by atoms with Gasteiger partial charge in [-0.25, -0.2) is 4.39 Å². The van der Waals surface area contributed by atoms with E-state index in [9.17, 15) is 9.50 Å². The van der Waals surface area contributed by atoms with Gasteiger partial charge in [-0.1, -0.05) is 22.9 Å². The third kappa shape index (κ3) is 3.10. The van der Waals surface area contributed by atoms with Crippen molar-refractivity contribution in [2.45, 2.75) is 39.8 Å². The molecule has 0 saturated carbocycles. The standard InChI is InChI=1S/C15H18BrFN2O/c1-4-14(20)15-9(2)18-19(10(15)3)8-11-5-12(16)7-13(17)6-11/h5-7,14,20H,4,8H2,1-3H3. The highest BCUT2D eigenvalue weighted by atomic mass is 79.9. The Bertz CT molecular complexity index is 604. The van der Waals surface area contributed by atoms with Crippen molar-refractivity contribution in [2.24, 2.45) is 0 Å². The Morgan fingerprint density at radius 3 is 2.65 bits per heavy atom. The number of aliphatic hydroxyl groups is 1. The maximum atomic E-state index is 13.4. The van der Waals surface area contributed by atoms with Crippen molar-refractivity contribution in [1.29, 1.82) is 0 Å². The molecule has 3 nitrogen and oxygen atoms in total. The van der Waals surface area contributed by atoms with E-state index in [0.29, 0.717) is 17.4 Å². The smallest absolute Gasteiger partial charge is 0.124 e. The number of aliphatic hydroxyl groups excluding tert-OH is 1. The maximum absolute atomic E-state index is 13.4. The minimum absolute atomic E-state index is 0.273. The third-order valence-electron chi connectivity index (χ3n) is 3.41. The second-order valence-corrected chi connectivity index (χ2v) is 5.86. The fourth-order valence-electron chi connectivity index (χ4n) is 2.43. The van der Waals surface area contributed by atoms with Gasteiger partial charge < -0.3 is 5.11 Å². The molecule has 2 rings (SSSR count). The summed E-state index contributed by atoms with van der Waals surface area (Å²) in [5.74, 6) is -0.273. The van der Waals surface area contributed by atoms with Gasteiger partial charge >= 0.3 is 0 Å². The summed E-state index contributed by atoms with van der Waals surface area (Å²) in [6, 6.07) is 4.80. The van der Waals surface area contributed by atoms with Crippen molar-refractivity contribution in [1.82, 2.24) is 9.78 Å². The molecule has 0 bridgehead atoms. The van der Waals surface area contributed by atoms with Gasteiger partial charge in [-0.2, -0.15) is 5.10 Å². The second-order valence-electron chi connectivity index (χ2n) is 4.94. The average molecular weight is 341 g/mol. The molecular formula is C15H18BrFN2O. The first-order valence-electron chi connectivity index (χ1n) is 6.59. The molecule has 2 aromatic rings. The van der Waals surface area contributed by atoms with Crippen molar-refractivity contribution in [3.63, 3.8) is 0 Å². The fourth-order valence-corrected chi connectivity index (χ4v) is 2.94. The fraction of sp³-hybridized carbons (Fsp3) is 0.400. The minimum atomic E-state index is -0.497. The number of aromatic nitrogens is 2. The maximum Gasteiger partial charge on any atom is 0.124 e. The van der Waals surface area contributed by atoms with E-state index in [0.717, 1.165) is 22.5 Å². The van der Waals surface area contributed by atoms with Crippen LogP contribution in [-0.2, 0) is 6.54 Å². The molecule has 0 aliphatic heterocycles. The molecule has 0 spiro atoms. The molecule has 1 atom stereocenters. The monoisotopic (exact) mass is 340 g/mol. The Labute approximate surface area is 126 Å². The molecule has 1 aromatic heterocycles. The van der Waals surface area contributed by atoms with Gasteiger partial charge in [-0.05, 0) is 44.0 Å². The van der Waals surface area contributed by atoms with E-state index in [1.807, 2.05) is 31.5 Å². The number of benzene rings is 1. The predicted octanol–water partition coefficient (Wildman–Crippen LogP) is 3.89. The topological polar surface area (TPSA) is 38.1 Å². The molecule has 20 heavy (non-hydrogen) atoms. The van der Waals surface area contributed by atoms with Crippen LogP contribution in [0.25, 0.3) is 0 Å². The van der Waals surface area contributed by atoms with Gasteiger partial charge in [0.05, 0.1) is 18.3 Å². The molecular weight excluding hydrogens is 323 g/mol. The van der Waals surface area contributed by atoms with Gasteiger partial charge in [0.15, 0.2) is 0 Å². The average Bonchev–Trinajstić information content (AvgIpc) is 2.62.